The monoisotopic (exact) mass is 729 g/mol. The predicted octanol–water partition coefficient (Wildman–Crippen LogP) is 11.0. The van der Waals surface area contributed by atoms with Crippen LogP contribution in [0.25, 0.3) is 33.1 Å². The SMILES string of the molecule is c1ccc(-c2ccc3c(c2)oc2cc(N(c4ccccc4)c4ccc5c(c4)[Si]4(c6ccccc6Sc6ccccc64)c4ccccc4S5)ccc23)cc1. The summed E-state index contributed by atoms with van der Waals surface area (Å²) < 4.78 is 6.65. The van der Waals surface area contributed by atoms with Crippen molar-refractivity contribution in [2.45, 2.75) is 19.6 Å². The predicted molar refractivity (Wildman–Crippen MR) is 226 cm³/mol. The molecule has 1 aromatic heterocycles. The van der Waals surface area contributed by atoms with Gasteiger partial charge in [0.1, 0.15) is 11.2 Å². The van der Waals surface area contributed by atoms with Crippen LogP contribution in [0.1, 0.15) is 0 Å². The summed E-state index contributed by atoms with van der Waals surface area (Å²) in [5, 5.41) is 8.11. The molecule has 0 saturated heterocycles. The Morgan fingerprint density at radius 2 is 0.849 bits per heavy atom. The fraction of sp³-hybridized carbons (Fsp3) is 0. The highest BCUT2D eigenvalue weighted by Crippen LogP contribution is 2.43. The molecule has 2 aliphatic heterocycles. The van der Waals surface area contributed by atoms with E-state index in [4.69, 9.17) is 4.42 Å². The molecule has 250 valence electrons. The molecule has 0 unspecified atom stereocenters. The standard InChI is InChI=1S/C48H31NOS2Si/c1-3-13-32(14-4-1)33-23-26-37-38-27-24-35(30-40(38)50-39(37)29-33)49(34-15-5-2-6-16-34)36-25-28-44-48(31-36)53(47-22-12-9-19-43(47)52-44)45-20-10-7-17-41(45)51-42-18-8-11-21-46(42)53/h1-31H. The molecule has 0 radical (unpaired) electrons. The van der Waals surface area contributed by atoms with Crippen LogP contribution in [0, 0.1) is 0 Å². The van der Waals surface area contributed by atoms with Gasteiger partial charge in [-0.05, 0) is 105 Å². The van der Waals surface area contributed by atoms with Crippen molar-refractivity contribution in [3.63, 3.8) is 0 Å². The number of hydrogen-bond acceptors (Lipinski definition) is 4. The van der Waals surface area contributed by atoms with Gasteiger partial charge in [-0.25, -0.2) is 0 Å². The van der Waals surface area contributed by atoms with Gasteiger partial charge < -0.3 is 9.32 Å². The van der Waals surface area contributed by atoms with Crippen LogP contribution in [0.15, 0.2) is 212 Å². The van der Waals surface area contributed by atoms with E-state index in [-0.39, 0.29) is 0 Å². The van der Waals surface area contributed by atoms with Gasteiger partial charge in [0.25, 0.3) is 0 Å². The van der Waals surface area contributed by atoms with E-state index in [1.807, 2.05) is 23.5 Å². The third-order valence-electron chi connectivity index (χ3n) is 10.8. The molecule has 5 heteroatoms. The summed E-state index contributed by atoms with van der Waals surface area (Å²) in [6.07, 6.45) is 0. The Labute approximate surface area is 317 Å². The maximum atomic E-state index is 6.65. The zero-order valence-corrected chi connectivity index (χ0v) is 31.2. The number of fused-ring (bicyclic) bond motifs is 11. The Kier molecular flexibility index (Phi) is 7.09. The van der Waals surface area contributed by atoms with Gasteiger partial charge >= 0.3 is 0 Å². The lowest BCUT2D eigenvalue weighted by molar-refractivity contribution is 0.669. The molecule has 0 bridgehead atoms. The van der Waals surface area contributed by atoms with E-state index in [2.05, 4.69) is 193 Å². The molecule has 0 fully saturated rings. The quantitative estimate of drug-likeness (QED) is 0.168. The molecule has 0 atom stereocenters. The van der Waals surface area contributed by atoms with E-state index in [9.17, 15) is 0 Å². The first-order chi connectivity index (χ1) is 26.3. The molecule has 0 saturated carbocycles. The van der Waals surface area contributed by atoms with Crippen LogP contribution in [0.5, 0.6) is 0 Å². The van der Waals surface area contributed by atoms with Crippen LogP contribution >= 0.6 is 23.5 Å². The van der Waals surface area contributed by atoms with E-state index < -0.39 is 8.07 Å². The summed E-state index contributed by atoms with van der Waals surface area (Å²) >= 11 is 3.82. The van der Waals surface area contributed by atoms with E-state index in [1.54, 1.807) is 0 Å². The number of benzene rings is 8. The average molecular weight is 730 g/mol. The smallest absolute Gasteiger partial charge is 0.184 e. The Bertz CT molecular complexity index is 2760. The van der Waals surface area contributed by atoms with Crippen molar-refractivity contribution in [3.8, 4) is 11.1 Å². The van der Waals surface area contributed by atoms with Crippen LogP contribution in [-0.4, -0.2) is 8.07 Å². The van der Waals surface area contributed by atoms with Crippen molar-refractivity contribution in [2.24, 2.45) is 0 Å². The minimum absolute atomic E-state index is 0.879. The Hall–Kier alpha value is -5.72. The zero-order valence-electron chi connectivity index (χ0n) is 28.6. The highest BCUT2D eigenvalue weighted by molar-refractivity contribution is 8.01. The van der Waals surface area contributed by atoms with Gasteiger partial charge in [-0.1, -0.05) is 133 Å². The highest BCUT2D eigenvalue weighted by atomic mass is 32.2. The lowest BCUT2D eigenvalue weighted by Crippen LogP contribution is -2.78. The average Bonchev–Trinajstić information content (AvgIpc) is 3.59. The summed E-state index contributed by atoms with van der Waals surface area (Å²) in [6, 6.07) is 69.1. The minimum atomic E-state index is -2.72. The van der Waals surface area contributed by atoms with E-state index >= 15 is 0 Å². The summed E-state index contributed by atoms with van der Waals surface area (Å²) in [5.74, 6) is 0. The molecule has 0 amide bonds. The first-order valence-corrected chi connectivity index (χ1v) is 21.5. The van der Waals surface area contributed by atoms with E-state index in [0.717, 1.165) is 44.6 Å². The van der Waals surface area contributed by atoms with Crippen molar-refractivity contribution in [3.05, 3.63) is 188 Å². The van der Waals surface area contributed by atoms with E-state index in [0.29, 0.717) is 0 Å². The molecule has 2 aliphatic rings. The number of rotatable bonds is 4. The molecule has 8 aromatic carbocycles. The summed E-state index contributed by atoms with van der Waals surface area (Å²) in [7, 11) is -2.72. The maximum absolute atomic E-state index is 6.65. The van der Waals surface area contributed by atoms with Crippen molar-refractivity contribution in [2.75, 3.05) is 4.90 Å². The first-order valence-electron chi connectivity index (χ1n) is 17.9. The van der Waals surface area contributed by atoms with Crippen LogP contribution < -0.4 is 25.6 Å². The molecular formula is C48H31NOS2Si. The van der Waals surface area contributed by atoms with E-state index in [1.165, 1.54) is 45.9 Å². The lowest BCUT2D eigenvalue weighted by atomic mass is 10.0. The van der Waals surface area contributed by atoms with Crippen molar-refractivity contribution >= 4 is 91.3 Å². The minimum Gasteiger partial charge on any atom is -0.456 e. The third kappa shape index (κ3) is 4.74. The fourth-order valence-electron chi connectivity index (χ4n) is 8.48. The van der Waals surface area contributed by atoms with Crippen LogP contribution in [0.4, 0.5) is 17.1 Å². The van der Waals surface area contributed by atoms with Crippen LogP contribution in [0.3, 0.4) is 0 Å². The zero-order chi connectivity index (χ0) is 34.9. The fourth-order valence-corrected chi connectivity index (χ4v) is 17.6. The molecule has 1 spiro atoms. The molecule has 0 aliphatic carbocycles. The molecule has 53 heavy (non-hydrogen) atoms. The number of para-hydroxylation sites is 1. The summed E-state index contributed by atoms with van der Waals surface area (Å²) in [4.78, 5) is 7.82. The topological polar surface area (TPSA) is 16.4 Å². The molecule has 9 aromatic rings. The lowest BCUT2D eigenvalue weighted by Gasteiger charge is -2.44. The van der Waals surface area contributed by atoms with Crippen molar-refractivity contribution < 1.29 is 4.42 Å². The van der Waals surface area contributed by atoms with Gasteiger partial charge in [-0.15, -0.1) is 0 Å². The molecule has 11 rings (SSSR count). The van der Waals surface area contributed by atoms with Gasteiger partial charge in [-0.3, -0.25) is 0 Å². The Morgan fingerprint density at radius 1 is 0.358 bits per heavy atom. The number of hydrogen-bond donors (Lipinski definition) is 0. The first kappa shape index (κ1) is 30.9. The second-order valence-corrected chi connectivity index (χ2v) is 19.5. The maximum Gasteiger partial charge on any atom is 0.184 e. The molecule has 3 heterocycles. The van der Waals surface area contributed by atoms with Gasteiger partial charge in [0, 0.05) is 53.5 Å². The number of furan rings is 1. The van der Waals surface area contributed by atoms with Gasteiger partial charge in [0.15, 0.2) is 8.07 Å². The number of anilines is 3. The Morgan fingerprint density at radius 3 is 1.49 bits per heavy atom. The summed E-state index contributed by atoms with van der Waals surface area (Å²) in [6.45, 7) is 0. The second kappa shape index (κ2) is 12.2. The van der Waals surface area contributed by atoms with Crippen molar-refractivity contribution in [1.29, 1.82) is 0 Å². The van der Waals surface area contributed by atoms with Crippen LogP contribution in [-0.2, 0) is 0 Å². The Balaban J connectivity index is 1.13. The van der Waals surface area contributed by atoms with Gasteiger partial charge in [0.05, 0.1) is 0 Å². The van der Waals surface area contributed by atoms with Crippen molar-refractivity contribution in [1.82, 2.24) is 0 Å². The highest BCUT2D eigenvalue weighted by Gasteiger charge is 2.51. The molecule has 2 nitrogen and oxygen atoms in total. The van der Waals surface area contributed by atoms with Gasteiger partial charge in [0.2, 0.25) is 0 Å². The van der Waals surface area contributed by atoms with Crippen LogP contribution in [0.2, 0.25) is 0 Å². The third-order valence-corrected chi connectivity index (χ3v) is 18.8. The second-order valence-electron chi connectivity index (χ2n) is 13.7. The number of nitrogens with zero attached hydrogens (tertiary/aromatic N) is 1. The summed E-state index contributed by atoms with van der Waals surface area (Å²) in [5.41, 5.74) is 7.41. The normalized spacial score (nSPS) is 13.7. The molecular weight excluding hydrogens is 699 g/mol. The van der Waals surface area contributed by atoms with Gasteiger partial charge in [-0.2, -0.15) is 0 Å². The largest absolute Gasteiger partial charge is 0.456 e. The molecule has 0 N–H and O–H groups in total.